The number of piperidine rings is 1. The van der Waals surface area contributed by atoms with E-state index >= 15 is 0 Å². The van der Waals surface area contributed by atoms with E-state index in [4.69, 9.17) is 0 Å². The smallest absolute Gasteiger partial charge is 0.307 e. The van der Waals surface area contributed by atoms with Crippen LogP contribution in [0.3, 0.4) is 0 Å². The molecule has 10 heteroatoms. The van der Waals surface area contributed by atoms with Crippen molar-refractivity contribution in [3.63, 3.8) is 0 Å². The average Bonchev–Trinajstić information content (AvgIpc) is 3.24. The van der Waals surface area contributed by atoms with Gasteiger partial charge in [-0.3, -0.25) is 19.6 Å². The zero-order chi connectivity index (χ0) is 24.8. The first-order chi connectivity index (χ1) is 16.9. The Hall–Kier alpha value is -3.24. The van der Waals surface area contributed by atoms with Gasteiger partial charge in [-0.05, 0) is 81.2 Å². The van der Waals surface area contributed by atoms with Gasteiger partial charge in [-0.1, -0.05) is 30.3 Å². The van der Waals surface area contributed by atoms with E-state index in [0.29, 0.717) is 17.4 Å². The monoisotopic (exact) mass is 496 g/mol. The van der Waals surface area contributed by atoms with Gasteiger partial charge in [0.25, 0.3) is 0 Å². The Balaban J connectivity index is 1.43. The number of halogens is 1. The number of aromatic nitrogens is 3. The van der Waals surface area contributed by atoms with Gasteiger partial charge in [0.1, 0.15) is 5.82 Å². The van der Waals surface area contributed by atoms with Crippen molar-refractivity contribution in [2.75, 3.05) is 24.2 Å². The Morgan fingerprint density at radius 2 is 1.77 bits per heavy atom. The fourth-order valence-corrected chi connectivity index (χ4v) is 4.77. The third-order valence-corrected chi connectivity index (χ3v) is 6.97. The summed E-state index contributed by atoms with van der Waals surface area (Å²) in [7, 11) is 0. The number of anilines is 1. The van der Waals surface area contributed by atoms with E-state index in [1.54, 1.807) is 18.2 Å². The van der Waals surface area contributed by atoms with Gasteiger partial charge in [0.15, 0.2) is 11.0 Å². The van der Waals surface area contributed by atoms with Crippen LogP contribution in [0, 0.1) is 19.7 Å². The predicted molar refractivity (Wildman–Crippen MR) is 134 cm³/mol. The molecule has 4 rings (SSSR count). The van der Waals surface area contributed by atoms with E-state index in [0.717, 1.165) is 48.6 Å². The maximum Gasteiger partial charge on any atom is 0.325 e. The highest BCUT2D eigenvalue weighted by Crippen LogP contribution is 2.24. The molecule has 0 bridgehead atoms. The number of aryl methyl sites for hydroxylation is 1. The van der Waals surface area contributed by atoms with Gasteiger partial charge in [-0.2, -0.15) is 0 Å². The van der Waals surface area contributed by atoms with E-state index in [2.05, 4.69) is 25.7 Å². The third-order valence-electron chi connectivity index (χ3n) is 6.04. The lowest BCUT2D eigenvalue weighted by Gasteiger charge is -2.26. The van der Waals surface area contributed by atoms with Crippen molar-refractivity contribution in [2.24, 2.45) is 0 Å². The number of carbonyl (C=O) groups is 2. The first-order valence-corrected chi connectivity index (χ1v) is 12.6. The zero-order valence-electron chi connectivity index (χ0n) is 19.9. The van der Waals surface area contributed by atoms with Crippen molar-refractivity contribution in [1.29, 1.82) is 0 Å². The molecule has 0 unspecified atom stereocenters. The summed E-state index contributed by atoms with van der Waals surface area (Å²) in [5.74, 6) is -0.0792. The van der Waals surface area contributed by atoms with E-state index < -0.39 is 11.9 Å². The number of urea groups is 1. The molecule has 2 aromatic carbocycles. The lowest BCUT2D eigenvalue weighted by atomic mass is 10.1. The molecule has 1 fully saturated rings. The van der Waals surface area contributed by atoms with Crippen LogP contribution in [0.2, 0.25) is 0 Å². The van der Waals surface area contributed by atoms with E-state index in [-0.39, 0.29) is 11.6 Å². The van der Waals surface area contributed by atoms with Crippen LogP contribution in [0.1, 0.15) is 36.2 Å². The number of benzene rings is 2. The highest BCUT2D eigenvalue weighted by atomic mass is 32.2. The summed E-state index contributed by atoms with van der Waals surface area (Å²) in [5, 5.41) is 14.2. The Morgan fingerprint density at radius 1 is 1.03 bits per heavy atom. The molecule has 1 aromatic heterocycles. The molecule has 1 aliphatic heterocycles. The van der Waals surface area contributed by atoms with Crippen LogP contribution in [0.25, 0.3) is 5.69 Å². The van der Waals surface area contributed by atoms with Crippen molar-refractivity contribution in [2.45, 2.75) is 44.8 Å². The second-order valence-corrected chi connectivity index (χ2v) is 9.53. The molecule has 0 spiro atoms. The van der Waals surface area contributed by atoms with Crippen LogP contribution in [0.15, 0.2) is 47.6 Å². The quantitative estimate of drug-likeness (QED) is 0.470. The molecule has 0 saturated carbocycles. The number of amides is 3. The summed E-state index contributed by atoms with van der Waals surface area (Å²) >= 11 is 1.18. The summed E-state index contributed by atoms with van der Waals surface area (Å²) in [4.78, 5) is 27.1. The third kappa shape index (κ3) is 6.46. The number of nitrogens with zero attached hydrogens (tertiary/aromatic N) is 4. The van der Waals surface area contributed by atoms with Crippen LogP contribution in [-0.2, 0) is 11.3 Å². The van der Waals surface area contributed by atoms with Crippen LogP contribution in [0.5, 0.6) is 0 Å². The number of rotatable bonds is 7. The predicted octanol–water partition coefficient (Wildman–Crippen LogP) is 4.45. The standard InChI is InChI=1S/C25H29FN6O2S/c1-17-7-6-8-21(18(17)2)27-24(34)28-23(33)16-35-25-30-29-22(15-31-13-4-3-5-14-31)32(25)20-11-9-19(26)10-12-20/h6-12H,3-5,13-16H2,1-2H3,(H2,27,28,33,34). The van der Waals surface area contributed by atoms with Gasteiger partial charge in [-0.25, -0.2) is 9.18 Å². The van der Waals surface area contributed by atoms with Crippen molar-refractivity contribution >= 4 is 29.4 Å². The SMILES string of the molecule is Cc1cccc(NC(=O)NC(=O)CSc2nnc(CN3CCCCC3)n2-c2ccc(F)cc2)c1C. The van der Waals surface area contributed by atoms with Gasteiger partial charge >= 0.3 is 6.03 Å². The van der Waals surface area contributed by atoms with Crippen molar-refractivity contribution in [3.8, 4) is 5.69 Å². The van der Waals surface area contributed by atoms with Crippen molar-refractivity contribution in [3.05, 3.63) is 65.2 Å². The molecule has 1 aliphatic rings. The molecule has 0 radical (unpaired) electrons. The highest BCUT2D eigenvalue weighted by molar-refractivity contribution is 7.99. The normalized spacial score (nSPS) is 14.0. The van der Waals surface area contributed by atoms with Crippen LogP contribution in [-0.4, -0.2) is 50.4 Å². The van der Waals surface area contributed by atoms with Gasteiger partial charge in [-0.15, -0.1) is 10.2 Å². The van der Waals surface area contributed by atoms with Crippen LogP contribution in [0.4, 0.5) is 14.9 Å². The van der Waals surface area contributed by atoms with Gasteiger partial charge in [0, 0.05) is 11.4 Å². The number of hydrogen-bond acceptors (Lipinski definition) is 6. The average molecular weight is 497 g/mol. The number of carbonyl (C=O) groups excluding carboxylic acids is 2. The van der Waals surface area contributed by atoms with E-state index in [9.17, 15) is 14.0 Å². The molecule has 0 atom stereocenters. The summed E-state index contributed by atoms with van der Waals surface area (Å²) in [6, 6.07) is 11.1. The molecule has 35 heavy (non-hydrogen) atoms. The Kier molecular flexibility index (Phi) is 8.14. The minimum absolute atomic E-state index is 0.0245. The number of hydrogen-bond donors (Lipinski definition) is 2. The van der Waals surface area contributed by atoms with E-state index in [1.807, 2.05) is 30.5 Å². The molecular weight excluding hydrogens is 467 g/mol. The molecule has 2 N–H and O–H groups in total. The molecule has 1 saturated heterocycles. The molecule has 3 amide bonds. The Morgan fingerprint density at radius 3 is 2.51 bits per heavy atom. The zero-order valence-corrected chi connectivity index (χ0v) is 20.7. The second-order valence-electron chi connectivity index (χ2n) is 8.59. The Bertz CT molecular complexity index is 1190. The summed E-state index contributed by atoms with van der Waals surface area (Å²) < 4.78 is 15.4. The van der Waals surface area contributed by atoms with Crippen molar-refractivity contribution < 1.29 is 14.0 Å². The minimum Gasteiger partial charge on any atom is -0.307 e. The first kappa shape index (κ1) is 24.9. The van der Waals surface area contributed by atoms with E-state index in [1.165, 1.54) is 30.3 Å². The van der Waals surface area contributed by atoms with Gasteiger partial charge in [0.05, 0.1) is 12.3 Å². The number of imide groups is 1. The van der Waals surface area contributed by atoms with Crippen LogP contribution < -0.4 is 10.6 Å². The molecule has 184 valence electrons. The second kappa shape index (κ2) is 11.5. The molecule has 3 aromatic rings. The van der Waals surface area contributed by atoms with Gasteiger partial charge in [0.2, 0.25) is 5.91 Å². The lowest BCUT2D eigenvalue weighted by molar-refractivity contribution is -0.117. The topological polar surface area (TPSA) is 92.2 Å². The minimum atomic E-state index is -0.588. The molecule has 8 nitrogen and oxygen atoms in total. The maximum atomic E-state index is 13.5. The molecule has 2 heterocycles. The summed E-state index contributed by atoms with van der Waals surface area (Å²) in [6.07, 6.45) is 3.53. The fourth-order valence-electron chi connectivity index (χ4n) is 4.00. The number of thioether (sulfide) groups is 1. The molecular formula is C25H29FN6O2S. The largest absolute Gasteiger partial charge is 0.325 e. The maximum absolute atomic E-state index is 13.5. The van der Waals surface area contributed by atoms with Gasteiger partial charge < -0.3 is 5.32 Å². The number of nitrogens with one attached hydrogen (secondary N) is 2. The number of likely N-dealkylation sites (tertiary alicyclic amines) is 1. The lowest BCUT2D eigenvalue weighted by Crippen LogP contribution is -2.35. The molecule has 0 aliphatic carbocycles. The van der Waals surface area contributed by atoms with Crippen LogP contribution >= 0.6 is 11.8 Å². The summed E-state index contributed by atoms with van der Waals surface area (Å²) in [6.45, 7) is 6.48. The first-order valence-electron chi connectivity index (χ1n) is 11.6. The fraction of sp³-hybridized carbons (Fsp3) is 0.360. The highest BCUT2D eigenvalue weighted by Gasteiger charge is 2.20. The Labute approximate surface area is 208 Å². The summed E-state index contributed by atoms with van der Waals surface area (Å²) in [5.41, 5.74) is 3.36. The van der Waals surface area contributed by atoms with Crippen molar-refractivity contribution in [1.82, 2.24) is 25.0 Å².